The van der Waals surface area contributed by atoms with Crippen molar-refractivity contribution in [3.8, 4) is 11.5 Å². The van der Waals surface area contributed by atoms with Crippen LogP contribution < -0.4 is 4.74 Å². The van der Waals surface area contributed by atoms with Crippen LogP contribution in [0.2, 0.25) is 0 Å². The molecule has 0 amide bonds. The van der Waals surface area contributed by atoms with Crippen molar-refractivity contribution in [1.29, 1.82) is 0 Å². The SMILES string of the molecule is CC1=C(CC(=O)O)c2cc(F)ccc2/C1=C\c1ccc(Oc2ccc(F)cc2F)cc1. The van der Waals surface area contributed by atoms with E-state index < -0.39 is 23.4 Å². The Morgan fingerprint density at radius 2 is 1.61 bits per heavy atom. The van der Waals surface area contributed by atoms with E-state index in [0.717, 1.165) is 34.4 Å². The predicted molar refractivity (Wildman–Crippen MR) is 112 cm³/mol. The van der Waals surface area contributed by atoms with Gasteiger partial charge in [0.1, 0.15) is 17.4 Å². The summed E-state index contributed by atoms with van der Waals surface area (Å²) in [6.07, 6.45) is 1.68. The molecule has 0 heterocycles. The lowest BCUT2D eigenvalue weighted by atomic mass is 10.0. The Morgan fingerprint density at radius 3 is 2.29 bits per heavy atom. The van der Waals surface area contributed by atoms with E-state index in [4.69, 9.17) is 4.74 Å². The molecule has 31 heavy (non-hydrogen) atoms. The first-order chi connectivity index (χ1) is 14.8. The largest absolute Gasteiger partial charge is 0.481 e. The highest BCUT2D eigenvalue weighted by Gasteiger charge is 2.25. The molecule has 4 rings (SSSR count). The Hall–Kier alpha value is -3.80. The second kappa shape index (κ2) is 8.14. The van der Waals surface area contributed by atoms with Crippen LogP contribution in [0.15, 0.2) is 66.2 Å². The molecule has 0 saturated carbocycles. The van der Waals surface area contributed by atoms with Crippen LogP contribution in [0.5, 0.6) is 11.5 Å². The average Bonchev–Trinajstić information content (AvgIpc) is 2.96. The highest BCUT2D eigenvalue weighted by molar-refractivity contribution is 6.07. The van der Waals surface area contributed by atoms with Crippen LogP contribution in [0.25, 0.3) is 17.2 Å². The molecule has 0 aromatic heterocycles. The number of ether oxygens (including phenoxy) is 1. The van der Waals surface area contributed by atoms with E-state index in [9.17, 15) is 23.1 Å². The van der Waals surface area contributed by atoms with Gasteiger partial charge in [-0.05, 0) is 82.8 Å². The second-order valence-electron chi connectivity index (χ2n) is 7.17. The van der Waals surface area contributed by atoms with Gasteiger partial charge in [0.2, 0.25) is 0 Å². The number of allylic oxidation sites excluding steroid dienone is 2. The van der Waals surface area contributed by atoms with Crippen molar-refractivity contribution < 1.29 is 27.8 Å². The molecule has 0 radical (unpaired) electrons. The van der Waals surface area contributed by atoms with Crippen molar-refractivity contribution in [2.24, 2.45) is 0 Å². The maximum atomic E-state index is 13.8. The predicted octanol–water partition coefficient (Wildman–Crippen LogP) is 6.70. The zero-order valence-corrected chi connectivity index (χ0v) is 16.5. The number of aliphatic carboxylic acids is 1. The first-order valence-corrected chi connectivity index (χ1v) is 9.48. The Kier molecular flexibility index (Phi) is 5.38. The van der Waals surface area contributed by atoms with E-state index in [0.29, 0.717) is 16.9 Å². The minimum atomic E-state index is -0.986. The summed E-state index contributed by atoms with van der Waals surface area (Å²) in [5, 5.41) is 9.24. The molecule has 6 heteroatoms. The lowest BCUT2D eigenvalue weighted by Crippen LogP contribution is -1.97. The third-order valence-electron chi connectivity index (χ3n) is 5.09. The zero-order valence-electron chi connectivity index (χ0n) is 16.5. The van der Waals surface area contributed by atoms with Gasteiger partial charge in [-0.1, -0.05) is 18.2 Å². The number of rotatable bonds is 5. The van der Waals surface area contributed by atoms with Gasteiger partial charge in [-0.2, -0.15) is 0 Å². The number of carboxylic acid groups (broad SMARTS) is 1. The number of hydrogen-bond acceptors (Lipinski definition) is 2. The third kappa shape index (κ3) is 4.23. The van der Waals surface area contributed by atoms with Crippen molar-refractivity contribution in [3.05, 3.63) is 100 Å². The summed E-state index contributed by atoms with van der Waals surface area (Å²) < 4.78 is 46.0. The first-order valence-electron chi connectivity index (χ1n) is 9.48. The van der Waals surface area contributed by atoms with Crippen molar-refractivity contribution in [3.63, 3.8) is 0 Å². The summed E-state index contributed by atoms with van der Waals surface area (Å²) in [6.45, 7) is 1.82. The summed E-state index contributed by atoms with van der Waals surface area (Å²) in [7, 11) is 0. The Morgan fingerprint density at radius 1 is 0.935 bits per heavy atom. The van der Waals surface area contributed by atoms with Gasteiger partial charge in [0.15, 0.2) is 11.6 Å². The van der Waals surface area contributed by atoms with Crippen LogP contribution in [0.3, 0.4) is 0 Å². The normalized spacial score (nSPS) is 14.1. The molecule has 1 aliphatic rings. The number of hydrogen-bond donors (Lipinski definition) is 1. The average molecular weight is 422 g/mol. The van der Waals surface area contributed by atoms with E-state index in [1.807, 2.05) is 13.0 Å². The summed E-state index contributed by atoms with van der Waals surface area (Å²) in [4.78, 5) is 11.3. The smallest absolute Gasteiger partial charge is 0.307 e. The fourth-order valence-corrected chi connectivity index (χ4v) is 3.62. The Bertz CT molecular complexity index is 1240. The molecule has 3 aromatic carbocycles. The van der Waals surface area contributed by atoms with Gasteiger partial charge in [0.05, 0.1) is 6.42 Å². The Labute approximate surface area is 176 Å². The third-order valence-corrected chi connectivity index (χ3v) is 5.09. The van der Waals surface area contributed by atoms with Crippen LogP contribution in [0.4, 0.5) is 13.2 Å². The van der Waals surface area contributed by atoms with Crippen LogP contribution in [0.1, 0.15) is 30.0 Å². The number of fused-ring (bicyclic) bond motifs is 1. The van der Waals surface area contributed by atoms with Crippen LogP contribution in [0, 0.1) is 17.5 Å². The standard InChI is InChI=1S/C25H17F3O3/c1-14-20(19-8-4-16(26)11-22(19)21(14)13-25(29)30)10-15-2-6-18(7-3-15)31-24-9-5-17(27)12-23(24)28/h2-12H,13H2,1H3,(H,29,30)/b20-10-. The number of carboxylic acids is 1. The lowest BCUT2D eigenvalue weighted by molar-refractivity contribution is -0.135. The van der Waals surface area contributed by atoms with Gasteiger partial charge >= 0.3 is 5.97 Å². The minimum absolute atomic E-state index is 0.0867. The monoisotopic (exact) mass is 422 g/mol. The molecule has 1 N–H and O–H groups in total. The van der Waals surface area contributed by atoms with E-state index in [1.165, 1.54) is 18.2 Å². The molecule has 0 spiro atoms. The summed E-state index contributed by atoms with van der Waals surface area (Å²) >= 11 is 0. The number of carbonyl (C=O) groups is 1. The van der Waals surface area contributed by atoms with Crippen molar-refractivity contribution in [2.45, 2.75) is 13.3 Å². The van der Waals surface area contributed by atoms with Crippen LogP contribution in [-0.4, -0.2) is 11.1 Å². The molecule has 3 nitrogen and oxygen atoms in total. The molecule has 3 aromatic rings. The van der Waals surface area contributed by atoms with Gasteiger partial charge in [0, 0.05) is 6.07 Å². The molecule has 0 atom stereocenters. The minimum Gasteiger partial charge on any atom is -0.481 e. The molecule has 0 saturated heterocycles. The molecule has 1 aliphatic carbocycles. The highest BCUT2D eigenvalue weighted by atomic mass is 19.1. The second-order valence-corrected chi connectivity index (χ2v) is 7.17. The molecule has 0 unspecified atom stereocenters. The van der Waals surface area contributed by atoms with Crippen molar-refractivity contribution in [1.82, 2.24) is 0 Å². The summed E-state index contributed by atoms with van der Waals surface area (Å²) in [6, 6.07) is 14.2. The van der Waals surface area contributed by atoms with E-state index >= 15 is 0 Å². The van der Waals surface area contributed by atoms with Crippen molar-refractivity contribution >= 4 is 23.2 Å². The molecular weight excluding hydrogens is 405 g/mol. The lowest BCUT2D eigenvalue weighted by Gasteiger charge is -2.08. The molecule has 156 valence electrons. The van der Waals surface area contributed by atoms with Gasteiger partial charge in [-0.15, -0.1) is 0 Å². The number of halogens is 3. The van der Waals surface area contributed by atoms with Crippen LogP contribution in [-0.2, 0) is 4.79 Å². The van der Waals surface area contributed by atoms with Gasteiger partial charge in [0.25, 0.3) is 0 Å². The van der Waals surface area contributed by atoms with Crippen LogP contribution >= 0.6 is 0 Å². The Balaban J connectivity index is 1.65. The van der Waals surface area contributed by atoms with Gasteiger partial charge in [-0.3, -0.25) is 4.79 Å². The van der Waals surface area contributed by atoms with Crippen molar-refractivity contribution in [2.75, 3.05) is 0 Å². The van der Waals surface area contributed by atoms with Gasteiger partial charge in [-0.25, -0.2) is 13.2 Å². The fourth-order valence-electron chi connectivity index (χ4n) is 3.62. The topological polar surface area (TPSA) is 46.5 Å². The molecular formula is C25H17F3O3. The maximum absolute atomic E-state index is 13.8. The number of benzene rings is 3. The zero-order chi connectivity index (χ0) is 22.1. The molecule has 0 fully saturated rings. The quantitative estimate of drug-likeness (QED) is 0.498. The van der Waals surface area contributed by atoms with E-state index in [1.54, 1.807) is 30.3 Å². The maximum Gasteiger partial charge on any atom is 0.307 e. The van der Waals surface area contributed by atoms with E-state index in [2.05, 4.69) is 0 Å². The summed E-state index contributed by atoms with van der Waals surface area (Å²) in [5.74, 6) is -2.61. The molecule has 0 aliphatic heterocycles. The molecule has 0 bridgehead atoms. The van der Waals surface area contributed by atoms with E-state index in [-0.39, 0.29) is 12.2 Å². The van der Waals surface area contributed by atoms with Gasteiger partial charge < -0.3 is 9.84 Å². The summed E-state index contributed by atoms with van der Waals surface area (Å²) in [5.41, 5.74) is 4.32. The first kappa shape index (κ1) is 20.5. The fraction of sp³-hybridized carbons (Fsp3) is 0.0800. The highest BCUT2D eigenvalue weighted by Crippen LogP contribution is 2.43.